The molecule has 0 aliphatic heterocycles. The topological polar surface area (TPSA) is 55.6 Å². The number of hydrogen-bond donors (Lipinski definition) is 1. The maximum absolute atomic E-state index is 13.1. The van der Waals surface area contributed by atoms with E-state index in [4.69, 9.17) is 11.6 Å². The van der Waals surface area contributed by atoms with Gasteiger partial charge in [0.15, 0.2) is 5.65 Å². The van der Waals surface area contributed by atoms with Crippen LogP contribution in [-0.2, 0) is 0 Å². The highest BCUT2D eigenvalue weighted by Crippen LogP contribution is 2.25. The lowest BCUT2D eigenvalue weighted by atomic mass is 10.3. The fraction of sp³-hybridized carbons (Fsp3) is 0. The molecular weight excluding hydrogens is 329 g/mol. The molecule has 0 atom stereocenters. The predicted molar refractivity (Wildman–Crippen MR) is 91.4 cm³/mol. The third-order valence-electron chi connectivity index (χ3n) is 3.54. The summed E-state index contributed by atoms with van der Waals surface area (Å²) in [6, 6.07) is 13.4. The van der Waals surface area contributed by atoms with Gasteiger partial charge in [0, 0.05) is 10.7 Å². The van der Waals surface area contributed by atoms with E-state index in [0.29, 0.717) is 16.5 Å². The largest absolute Gasteiger partial charge is 0.340 e. The molecule has 0 spiro atoms. The number of benzene rings is 2. The molecule has 1 N–H and O–H groups in total. The SMILES string of the molecule is Fc1ccc(-n2ncc3c(Nc4ccc(Cl)cc4)ncnc32)cc1. The summed E-state index contributed by atoms with van der Waals surface area (Å²) in [7, 11) is 0. The van der Waals surface area contributed by atoms with Crippen molar-refractivity contribution in [2.45, 2.75) is 0 Å². The molecule has 2 aromatic heterocycles. The summed E-state index contributed by atoms with van der Waals surface area (Å²) in [6.45, 7) is 0. The molecule has 0 saturated carbocycles. The first kappa shape index (κ1) is 14.6. The fourth-order valence-corrected chi connectivity index (χ4v) is 2.51. The Hall–Kier alpha value is -2.99. The Bertz CT molecular complexity index is 996. The first-order valence-electron chi connectivity index (χ1n) is 7.18. The summed E-state index contributed by atoms with van der Waals surface area (Å²) in [6.07, 6.45) is 3.14. The van der Waals surface area contributed by atoms with Crippen molar-refractivity contribution in [2.75, 3.05) is 5.32 Å². The standard InChI is InChI=1S/C17H11ClFN5/c18-11-1-5-13(6-2-11)23-16-15-9-22-24(17(15)21-10-20-16)14-7-3-12(19)4-8-14/h1-10H,(H,20,21,23). The monoisotopic (exact) mass is 339 g/mol. The van der Waals surface area contributed by atoms with E-state index in [1.165, 1.54) is 18.5 Å². The maximum Gasteiger partial charge on any atom is 0.168 e. The first-order chi connectivity index (χ1) is 11.7. The van der Waals surface area contributed by atoms with Gasteiger partial charge in [0.05, 0.1) is 17.3 Å². The van der Waals surface area contributed by atoms with Crippen LogP contribution < -0.4 is 5.32 Å². The van der Waals surface area contributed by atoms with E-state index in [9.17, 15) is 4.39 Å². The molecule has 5 nitrogen and oxygen atoms in total. The van der Waals surface area contributed by atoms with E-state index in [1.807, 2.05) is 12.1 Å². The Morgan fingerprint density at radius 3 is 2.46 bits per heavy atom. The molecule has 2 heterocycles. The Morgan fingerprint density at radius 2 is 1.71 bits per heavy atom. The number of halogens is 2. The van der Waals surface area contributed by atoms with Gasteiger partial charge in [0.2, 0.25) is 0 Å². The minimum Gasteiger partial charge on any atom is -0.340 e. The van der Waals surface area contributed by atoms with Gasteiger partial charge in [-0.15, -0.1) is 0 Å². The molecule has 0 aliphatic carbocycles. The van der Waals surface area contributed by atoms with Gasteiger partial charge in [0.25, 0.3) is 0 Å². The zero-order chi connectivity index (χ0) is 16.5. The number of nitrogens with one attached hydrogen (secondary N) is 1. The van der Waals surface area contributed by atoms with E-state index < -0.39 is 0 Å². The third kappa shape index (κ3) is 2.68. The first-order valence-corrected chi connectivity index (χ1v) is 7.56. The average Bonchev–Trinajstić information content (AvgIpc) is 3.03. The van der Waals surface area contributed by atoms with Crippen LogP contribution in [0.25, 0.3) is 16.7 Å². The van der Waals surface area contributed by atoms with Crippen LogP contribution in [0.3, 0.4) is 0 Å². The second kappa shape index (κ2) is 5.90. The van der Waals surface area contributed by atoms with Crippen LogP contribution in [0.1, 0.15) is 0 Å². The fourth-order valence-electron chi connectivity index (χ4n) is 2.38. The smallest absolute Gasteiger partial charge is 0.168 e. The molecule has 7 heteroatoms. The Morgan fingerprint density at radius 1 is 0.958 bits per heavy atom. The lowest BCUT2D eigenvalue weighted by Crippen LogP contribution is -1.99. The third-order valence-corrected chi connectivity index (χ3v) is 3.80. The molecule has 4 aromatic rings. The average molecular weight is 340 g/mol. The number of rotatable bonds is 3. The van der Waals surface area contributed by atoms with Gasteiger partial charge in [0.1, 0.15) is 18.0 Å². The van der Waals surface area contributed by atoms with Crippen LogP contribution in [0.5, 0.6) is 0 Å². The molecule has 0 aliphatic rings. The number of aromatic nitrogens is 4. The molecule has 118 valence electrons. The number of hydrogen-bond acceptors (Lipinski definition) is 4. The van der Waals surface area contributed by atoms with Crippen LogP contribution in [0.15, 0.2) is 61.1 Å². The highest BCUT2D eigenvalue weighted by Gasteiger charge is 2.11. The molecular formula is C17H11ClFN5. The summed E-state index contributed by atoms with van der Waals surface area (Å²) < 4.78 is 14.7. The van der Waals surface area contributed by atoms with Gasteiger partial charge in [-0.1, -0.05) is 11.6 Å². The number of fused-ring (bicyclic) bond motifs is 1. The molecule has 0 fully saturated rings. The Kier molecular flexibility index (Phi) is 3.59. The van der Waals surface area contributed by atoms with Crippen LogP contribution in [0.4, 0.5) is 15.9 Å². The van der Waals surface area contributed by atoms with Crippen molar-refractivity contribution in [1.29, 1.82) is 0 Å². The van der Waals surface area contributed by atoms with E-state index in [-0.39, 0.29) is 5.82 Å². The minimum atomic E-state index is -0.296. The summed E-state index contributed by atoms with van der Waals surface area (Å²) in [5.74, 6) is 0.339. The van der Waals surface area contributed by atoms with Crippen LogP contribution in [0, 0.1) is 5.82 Å². The lowest BCUT2D eigenvalue weighted by molar-refractivity contribution is 0.627. The van der Waals surface area contributed by atoms with Crippen molar-refractivity contribution in [3.05, 3.63) is 71.9 Å². The summed E-state index contributed by atoms with van der Waals surface area (Å²) >= 11 is 5.90. The quantitative estimate of drug-likeness (QED) is 0.603. The number of nitrogens with zero attached hydrogens (tertiary/aromatic N) is 4. The van der Waals surface area contributed by atoms with Crippen molar-refractivity contribution >= 4 is 34.1 Å². The van der Waals surface area contributed by atoms with Crippen LogP contribution in [-0.4, -0.2) is 19.7 Å². The van der Waals surface area contributed by atoms with Gasteiger partial charge in [-0.05, 0) is 48.5 Å². The molecule has 0 bridgehead atoms. The molecule has 0 unspecified atom stereocenters. The van der Waals surface area contributed by atoms with Crippen LogP contribution in [0.2, 0.25) is 5.02 Å². The highest BCUT2D eigenvalue weighted by molar-refractivity contribution is 6.30. The van der Waals surface area contributed by atoms with E-state index in [1.54, 1.807) is 35.1 Å². The highest BCUT2D eigenvalue weighted by atomic mass is 35.5. The van der Waals surface area contributed by atoms with Crippen molar-refractivity contribution in [3.63, 3.8) is 0 Å². The summed E-state index contributed by atoms with van der Waals surface area (Å²) in [4.78, 5) is 8.57. The zero-order valence-electron chi connectivity index (χ0n) is 12.3. The zero-order valence-corrected chi connectivity index (χ0v) is 13.1. The minimum absolute atomic E-state index is 0.296. The van der Waals surface area contributed by atoms with Crippen molar-refractivity contribution in [1.82, 2.24) is 19.7 Å². The van der Waals surface area contributed by atoms with Crippen molar-refractivity contribution in [2.24, 2.45) is 0 Å². The second-order valence-corrected chi connectivity index (χ2v) is 5.56. The van der Waals surface area contributed by atoms with Gasteiger partial charge in [-0.25, -0.2) is 19.0 Å². The van der Waals surface area contributed by atoms with Gasteiger partial charge < -0.3 is 5.32 Å². The molecule has 0 radical (unpaired) electrons. The van der Waals surface area contributed by atoms with Crippen molar-refractivity contribution < 1.29 is 4.39 Å². The molecule has 4 rings (SSSR count). The van der Waals surface area contributed by atoms with E-state index >= 15 is 0 Å². The molecule has 0 amide bonds. The predicted octanol–water partition coefficient (Wildman–Crippen LogP) is 4.35. The summed E-state index contributed by atoms with van der Waals surface area (Å²) in [5.41, 5.74) is 2.21. The van der Waals surface area contributed by atoms with Crippen molar-refractivity contribution in [3.8, 4) is 5.69 Å². The lowest BCUT2D eigenvalue weighted by Gasteiger charge is -2.07. The normalized spacial score (nSPS) is 10.9. The number of anilines is 2. The van der Waals surface area contributed by atoms with E-state index in [2.05, 4.69) is 20.4 Å². The van der Waals surface area contributed by atoms with Gasteiger partial charge in [-0.3, -0.25) is 0 Å². The Balaban J connectivity index is 1.76. The second-order valence-electron chi connectivity index (χ2n) is 5.12. The van der Waals surface area contributed by atoms with Crippen LogP contribution >= 0.6 is 11.6 Å². The van der Waals surface area contributed by atoms with E-state index in [0.717, 1.165) is 16.8 Å². The molecule has 2 aromatic carbocycles. The maximum atomic E-state index is 13.1. The molecule has 24 heavy (non-hydrogen) atoms. The van der Waals surface area contributed by atoms with Gasteiger partial charge in [-0.2, -0.15) is 5.10 Å². The molecule has 0 saturated heterocycles. The van der Waals surface area contributed by atoms with Gasteiger partial charge >= 0.3 is 0 Å². The Labute approximate surface area is 141 Å². The summed E-state index contributed by atoms with van der Waals surface area (Å²) in [5, 5.41) is 8.99.